The number of benzene rings is 2. The highest BCUT2D eigenvalue weighted by molar-refractivity contribution is 6.04. The summed E-state index contributed by atoms with van der Waals surface area (Å²) in [6.45, 7) is 0.485. The van der Waals surface area contributed by atoms with E-state index in [1.165, 1.54) is 12.3 Å². The van der Waals surface area contributed by atoms with Crippen molar-refractivity contribution >= 4 is 17.5 Å². The minimum Gasteiger partial charge on any atom is -0.497 e. The van der Waals surface area contributed by atoms with E-state index in [0.717, 1.165) is 11.3 Å². The number of para-hydroxylation sites is 1. The molecule has 3 rings (SSSR count). The summed E-state index contributed by atoms with van der Waals surface area (Å²) >= 11 is 0. The summed E-state index contributed by atoms with van der Waals surface area (Å²) in [7, 11) is 1.62. The van der Waals surface area contributed by atoms with Crippen molar-refractivity contribution in [2.75, 3.05) is 19.0 Å². The van der Waals surface area contributed by atoms with Crippen molar-refractivity contribution in [3.63, 3.8) is 0 Å². The molecule has 0 radical (unpaired) electrons. The van der Waals surface area contributed by atoms with Crippen LogP contribution in [0.25, 0.3) is 0 Å². The summed E-state index contributed by atoms with van der Waals surface area (Å²) in [5, 5.41) is 5.62. The molecule has 0 aliphatic carbocycles. The zero-order valence-electron chi connectivity index (χ0n) is 15.5. The van der Waals surface area contributed by atoms with Crippen LogP contribution in [0.2, 0.25) is 0 Å². The Balaban J connectivity index is 1.56. The molecule has 3 aromatic rings. The first-order valence-electron chi connectivity index (χ1n) is 8.89. The summed E-state index contributed by atoms with van der Waals surface area (Å²) in [6.07, 6.45) is 2.15. The summed E-state index contributed by atoms with van der Waals surface area (Å²) in [6, 6.07) is 19.9. The van der Waals surface area contributed by atoms with Gasteiger partial charge in [0, 0.05) is 24.0 Å². The monoisotopic (exact) mass is 375 g/mol. The van der Waals surface area contributed by atoms with E-state index in [1.54, 1.807) is 25.3 Å². The Labute approximate surface area is 163 Å². The number of carbonyl (C=O) groups is 2. The molecular formula is C22H21N3O3. The largest absolute Gasteiger partial charge is 0.497 e. The smallest absolute Gasteiger partial charge is 0.274 e. The average Bonchev–Trinajstić information content (AvgIpc) is 2.75. The number of nitrogens with one attached hydrogen (secondary N) is 2. The molecule has 0 fully saturated rings. The van der Waals surface area contributed by atoms with E-state index in [-0.39, 0.29) is 17.5 Å². The van der Waals surface area contributed by atoms with Crippen LogP contribution in [-0.2, 0) is 6.42 Å². The first kappa shape index (κ1) is 19.1. The number of pyridine rings is 1. The van der Waals surface area contributed by atoms with E-state index < -0.39 is 0 Å². The van der Waals surface area contributed by atoms with Crippen molar-refractivity contribution < 1.29 is 14.3 Å². The van der Waals surface area contributed by atoms with Gasteiger partial charge in [-0.3, -0.25) is 14.6 Å². The second kappa shape index (κ2) is 9.32. The van der Waals surface area contributed by atoms with Crippen LogP contribution in [0.3, 0.4) is 0 Å². The minimum absolute atomic E-state index is 0.187. The Bertz CT molecular complexity index is 941. The molecule has 0 atom stereocenters. The van der Waals surface area contributed by atoms with Crippen molar-refractivity contribution in [2.24, 2.45) is 0 Å². The molecular weight excluding hydrogens is 354 g/mol. The highest BCUT2D eigenvalue weighted by Gasteiger charge is 2.12. The highest BCUT2D eigenvalue weighted by atomic mass is 16.5. The third kappa shape index (κ3) is 5.17. The molecule has 0 saturated heterocycles. The number of methoxy groups -OCH3 is 1. The molecule has 0 saturated carbocycles. The van der Waals surface area contributed by atoms with Gasteiger partial charge in [0.25, 0.3) is 11.8 Å². The number of ether oxygens (including phenoxy) is 1. The van der Waals surface area contributed by atoms with Gasteiger partial charge in [-0.2, -0.15) is 0 Å². The van der Waals surface area contributed by atoms with Gasteiger partial charge < -0.3 is 15.4 Å². The van der Waals surface area contributed by atoms with Gasteiger partial charge in [0.1, 0.15) is 11.4 Å². The van der Waals surface area contributed by atoms with Crippen molar-refractivity contribution in [1.29, 1.82) is 0 Å². The number of rotatable bonds is 7. The molecule has 2 aromatic carbocycles. The maximum absolute atomic E-state index is 12.4. The SMILES string of the molecule is COc1ccc(CCNC(=O)c2ccnc(C(=O)Nc3ccccc3)c2)cc1. The molecule has 1 heterocycles. The lowest BCUT2D eigenvalue weighted by Gasteiger charge is -2.08. The van der Waals surface area contributed by atoms with Gasteiger partial charge in [0.15, 0.2) is 0 Å². The number of amides is 2. The Morgan fingerprint density at radius 2 is 1.71 bits per heavy atom. The van der Waals surface area contributed by atoms with Gasteiger partial charge >= 0.3 is 0 Å². The molecule has 142 valence electrons. The lowest BCUT2D eigenvalue weighted by molar-refractivity contribution is 0.0954. The molecule has 0 aliphatic heterocycles. The summed E-state index contributed by atoms with van der Waals surface area (Å²) in [5.41, 5.74) is 2.34. The van der Waals surface area contributed by atoms with Crippen molar-refractivity contribution in [1.82, 2.24) is 10.3 Å². The second-order valence-electron chi connectivity index (χ2n) is 6.10. The van der Waals surface area contributed by atoms with Crippen molar-refractivity contribution in [3.05, 3.63) is 89.7 Å². The number of aromatic nitrogens is 1. The number of hydrogen-bond donors (Lipinski definition) is 2. The van der Waals surface area contributed by atoms with E-state index in [4.69, 9.17) is 4.74 Å². The van der Waals surface area contributed by atoms with Crippen LogP contribution < -0.4 is 15.4 Å². The Kier molecular flexibility index (Phi) is 6.36. The third-order valence-corrected chi connectivity index (χ3v) is 4.14. The van der Waals surface area contributed by atoms with Gasteiger partial charge in [-0.15, -0.1) is 0 Å². The topological polar surface area (TPSA) is 80.3 Å². The van der Waals surface area contributed by atoms with E-state index in [9.17, 15) is 9.59 Å². The molecule has 0 bridgehead atoms. The summed E-state index contributed by atoms with van der Waals surface area (Å²) in [5.74, 6) is 0.189. The molecule has 1 aromatic heterocycles. The third-order valence-electron chi connectivity index (χ3n) is 4.14. The maximum atomic E-state index is 12.4. The van der Waals surface area contributed by atoms with Crippen LogP contribution in [0.4, 0.5) is 5.69 Å². The second-order valence-corrected chi connectivity index (χ2v) is 6.10. The van der Waals surface area contributed by atoms with Crippen LogP contribution >= 0.6 is 0 Å². The zero-order valence-corrected chi connectivity index (χ0v) is 15.5. The maximum Gasteiger partial charge on any atom is 0.274 e. The van der Waals surface area contributed by atoms with Crippen LogP contribution in [0.1, 0.15) is 26.4 Å². The van der Waals surface area contributed by atoms with Crippen LogP contribution in [0.5, 0.6) is 5.75 Å². The first-order valence-corrected chi connectivity index (χ1v) is 8.89. The summed E-state index contributed by atoms with van der Waals surface area (Å²) < 4.78 is 5.13. The molecule has 2 N–H and O–H groups in total. The fourth-order valence-electron chi connectivity index (χ4n) is 2.63. The van der Waals surface area contributed by atoms with Gasteiger partial charge in [0.2, 0.25) is 0 Å². The molecule has 2 amide bonds. The number of nitrogens with zero attached hydrogens (tertiary/aromatic N) is 1. The Hall–Kier alpha value is -3.67. The van der Waals surface area contributed by atoms with Crippen LogP contribution in [0, 0.1) is 0 Å². The fraction of sp³-hybridized carbons (Fsp3) is 0.136. The summed E-state index contributed by atoms with van der Waals surface area (Å²) in [4.78, 5) is 28.8. The van der Waals surface area contributed by atoms with Crippen molar-refractivity contribution in [2.45, 2.75) is 6.42 Å². The first-order chi connectivity index (χ1) is 13.7. The average molecular weight is 375 g/mol. The van der Waals surface area contributed by atoms with E-state index in [0.29, 0.717) is 24.2 Å². The molecule has 28 heavy (non-hydrogen) atoms. The van der Waals surface area contributed by atoms with E-state index in [2.05, 4.69) is 15.6 Å². The van der Waals surface area contributed by atoms with E-state index in [1.807, 2.05) is 42.5 Å². The molecule has 0 spiro atoms. The lowest BCUT2D eigenvalue weighted by atomic mass is 10.1. The quantitative estimate of drug-likeness (QED) is 0.664. The van der Waals surface area contributed by atoms with Crippen LogP contribution in [0.15, 0.2) is 72.9 Å². The normalized spacial score (nSPS) is 10.2. The molecule has 0 aliphatic rings. The van der Waals surface area contributed by atoms with E-state index >= 15 is 0 Å². The number of carbonyl (C=O) groups excluding carboxylic acids is 2. The Morgan fingerprint density at radius 3 is 2.43 bits per heavy atom. The molecule has 6 heteroatoms. The van der Waals surface area contributed by atoms with Gasteiger partial charge in [-0.25, -0.2) is 0 Å². The van der Waals surface area contributed by atoms with Crippen LogP contribution in [-0.4, -0.2) is 30.5 Å². The van der Waals surface area contributed by atoms with Gasteiger partial charge in [-0.05, 0) is 48.4 Å². The Morgan fingerprint density at radius 1 is 0.964 bits per heavy atom. The lowest BCUT2D eigenvalue weighted by Crippen LogP contribution is -2.26. The number of hydrogen-bond acceptors (Lipinski definition) is 4. The minimum atomic E-state index is -0.362. The van der Waals surface area contributed by atoms with Crippen molar-refractivity contribution in [3.8, 4) is 5.75 Å². The van der Waals surface area contributed by atoms with Gasteiger partial charge in [0.05, 0.1) is 7.11 Å². The zero-order chi connectivity index (χ0) is 19.8. The molecule has 0 unspecified atom stereocenters. The highest BCUT2D eigenvalue weighted by Crippen LogP contribution is 2.12. The predicted octanol–water partition coefficient (Wildman–Crippen LogP) is 3.32. The number of anilines is 1. The van der Waals surface area contributed by atoms with Gasteiger partial charge in [-0.1, -0.05) is 30.3 Å². The molecule has 6 nitrogen and oxygen atoms in total. The standard InChI is InChI=1S/C22H21N3O3/c1-28-19-9-7-16(8-10-19)11-13-24-21(26)17-12-14-23-20(15-17)22(27)25-18-5-3-2-4-6-18/h2-10,12,14-15H,11,13H2,1H3,(H,24,26)(H,25,27). The predicted molar refractivity (Wildman–Crippen MR) is 108 cm³/mol. The fourth-order valence-corrected chi connectivity index (χ4v) is 2.63.